The van der Waals surface area contributed by atoms with E-state index in [1.165, 1.54) is 0 Å². The number of thioether (sulfide) groups is 1. The zero-order valence-corrected chi connectivity index (χ0v) is 9.68. The zero-order valence-electron chi connectivity index (χ0n) is 8.87. The summed E-state index contributed by atoms with van der Waals surface area (Å²) in [6, 6.07) is 0.267. The first-order valence-electron chi connectivity index (χ1n) is 5.27. The Morgan fingerprint density at radius 1 is 1.64 bits per heavy atom. The maximum atomic E-state index is 9.12. The van der Waals surface area contributed by atoms with E-state index >= 15 is 0 Å². The van der Waals surface area contributed by atoms with Crippen molar-refractivity contribution >= 4 is 11.8 Å². The molecule has 84 valence electrons. The summed E-state index contributed by atoms with van der Waals surface area (Å²) >= 11 is 1.83. The van der Waals surface area contributed by atoms with E-state index in [1.54, 1.807) is 0 Å². The largest absolute Gasteiger partial charge is 0.395 e. The van der Waals surface area contributed by atoms with Gasteiger partial charge >= 0.3 is 0 Å². The Balaban J connectivity index is 2.06. The smallest absolute Gasteiger partial charge is 0.0584 e. The van der Waals surface area contributed by atoms with Gasteiger partial charge in [-0.15, -0.1) is 0 Å². The van der Waals surface area contributed by atoms with Crippen LogP contribution in [0.15, 0.2) is 0 Å². The van der Waals surface area contributed by atoms with Crippen LogP contribution in [0.5, 0.6) is 0 Å². The molecule has 1 aliphatic rings. The van der Waals surface area contributed by atoms with Gasteiger partial charge in [0.15, 0.2) is 0 Å². The predicted molar refractivity (Wildman–Crippen MR) is 60.8 cm³/mol. The van der Waals surface area contributed by atoms with Gasteiger partial charge in [0.1, 0.15) is 0 Å². The predicted octanol–water partition coefficient (Wildman–Crippen LogP) is 0.726. The summed E-state index contributed by atoms with van der Waals surface area (Å²) in [5, 5.41) is 12.5. The first-order chi connectivity index (χ1) is 6.86. The number of hydrogen-bond donors (Lipinski definition) is 2. The van der Waals surface area contributed by atoms with Crippen LogP contribution in [0.3, 0.4) is 0 Å². The molecule has 1 aliphatic heterocycles. The molecular formula is C10H21NO2S. The van der Waals surface area contributed by atoms with Gasteiger partial charge in [-0.25, -0.2) is 0 Å². The maximum absolute atomic E-state index is 9.12. The molecule has 0 bridgehead atoms. The second kappa shape index (κ2) is 7.51. The van der Waals surface area contributed by atoms with E-state index in [4.69, 9.17) is 9.84 Å². The molecule has 1 heterocycles. The topological polar surface area (TPSA) is 41.5 Å². The van der Waals surface area contributed by atoms with E-state index < -0.39 is 0 Å². The van der Waals surface area contributed by atoms with E-state index in [9.17, 15) is 0 Å². The van der Waals surface area contributed by atoms with Crippen molar-refractivity contribution in [3.8, 4) is 0 Å². The fourth-order valence-electron chi connectivity index (χ4n) is 1.60. The number of rotatable bonds is 7. The normalized spacial score (nSPS) is 24.0. The van der Waals surface area contributed by atoms with Gasteiger partial charge in [-0.2, -0.15) is 11.8 Å². The molecule has 0 radical (unpaired) electrons. The van der Waals surface area contributed by atoms with Crippen LogP contribution >= 0.6 is 11.8 Å². The summed E-state index contributed by atoms with van der Waals surface area (Å²) in [5.41, 5.74) is 0. The lowest BCUT2D eigenvalue weighted by Crippen LogP contribution is -2.36. The lowest BCUT2D eigenvalue weighted by molar-refractivity contribution is 0.181. The quantitative estimate of drug-likeness (QED) is 0.662. The zero-order chi connectivity index (χ0) is 10.2. The maximum Gasteiger partial charge on any atom is 0.0584 e. The van der Waals surface area contributed by atoms with Gasteiger partial charge in [0.2, 0.25) is 0 Å². The van der Waals surface area contributed by atoms with Crippen molar-refractivity contribution in [3.05, 3.63) is 0 Å². The Morgan fingerprint density at radius 3 is 3.07 bits per heavy atom. The molecule has 0 aliphatic carbocycles. The van der Waals surface area contributed by atoms with Crippen LogP contribution < -0.4 is 5.32 Å². The molecular weight excluding hydrogens is 198 g/mol. The van der Waals surface area contributed by atoms with Crippen molar-refractivity contribution in [2.75, 3.05) is 38.4 Å². The molecule has 0 aromatic heterocycles. The van der Waals surface area contributed by atoms with Gasteiger partial charge in [0, 0.05) is 19.2 Å². The van der Waals surface area contributed by atoms with Gasteiger partial charge in [-0.3, -0.25) is 0 Å². The van der Waals surface area contributed by atoms with Crippen molar-refractivity contribution in [1.29, 1.82) is 0 Å². The molecule has 3 nitrogen and oxygen atoms in total. The molecule has 2 atom stereocenters. The molecule has 1 saturated heterocycles. The molecule has 0 aromatic carbocycles. The average Bonchev–Trinajstić information content (AvgIpc) is 2.71. The minimum absolute atomic E-state index is 0.244. The first kappa shape index (κ1) is 12.3. The van der Waals surface area contributed by atoms with Crippen molar-refractivity contribution in [2.24, 2.45) is 5.92 Å². The molecule has 0 amide bonds. The molecule has 0 aromatic rings. The Hall–Kier alpha value is 0.230. The van der Waals surface area contributed by atoms with Crippen LogP contribution in [0.1, 0.15) is 12.8 Å². The summed E-state index contributed by atoms with van der Waals surface area (Å²) in [6.45, 7) is 3.02. The molecule has 1 fully saturated rings. The minimum atomic E-state index is 0.244. The fourth-order valence-corrected chi connectivity index (χ4v) is 2.12. The van der Waals surface area contributed by atoms with Crippen molar-refractivity contribution in [3.63, 3.8) is 0 Å². The van der Waals surface area contributed by atoms with Gasteiger partial charge < -0.3 is 15.2 Å². The lowest BCUT2D eigenvalue weighted by atomic mass is 10.1. The van der Waals surface area contributed by atoms with Crippen LogP contribution in [0.2, 0.25) is 0 Å². The van der Waals surface area contributed by atoms with Crippen LogP contribution in [0.4, 0.5) is 0 Å². The first-order valence-corrected chi connectivity index (χ1v) is 6.67. The third-order valence-electron chi connectivity index (χ3n) is 2.61. The SMILES string of the molecule is CSCCC(CO)NCC1CCOC1. The molecule has 2 unspecified atom stereocenters. The summed E-state index contributed by atoms with van der Waals surface area (Å²) in [7, 11) is 0. The van der Waals surface area contributed by atoms with Gasteiger partial charge in [0.05, 0.1) is 13.2 Å². The van der Waals surface area contributed by atoms with E-state index in [1.807, 2.05) is 11.8 Å². The second-order valence-electron chi connectivity index (χ2n) is 3.80. The molecule has 1 rings (SSSR count). The highest BCUT2D eigenvalue weighted by Crippen LogP contribution is 2.11. The Kier molecular flexibility index (Phi) is 6.60. The lowest BCUT2D eigenvalue weighted by Gasteiger charge is -2.17. The van der Waals surface area contributed by atoms with E-state index in [0.29, 0.717) is 5.92 Å². The number of ether oxygens (including phenoxy) is 1. The molecule has 2 N–H and O–H groups in total. The number of aliphatic hydroxyl groups excluding tert-OH is 1. The second-order valence-corrected chi connectivity index (χ2v) is 4.78. The molecule has 0 saturated carbocycles. The third kappa shape index (κ3) is 4.64. The highest BCUT2D eigenvalue weighted by molar-refractivity contribution is 7.98. The Labute approximate surface area is 90.6 Å². The third-order valence-corrected chi connectivity index (χ3v) is 3.25. The number of nitrogens with one attached hydrogen (secondary N) is 1. The van der Waals surface area contributed by atoms with Gasteiger partial charge in [-0.1, -0.05) is 0 Å². The standard InChI is InChI=1S/C10H21NO2S/c1-14-5-3-10(7-12)11-6-9-2-4-13-8-9/h9-12H,2-8H2,1H3. The van der Waals surface area contributed by atoms with E-state index in [-0.39, 0.29) is 12.6 Å². The summed E-state index contributed by atoms with van der Waals surface area (Å²) in [6.07, 6.45) is 4.30. The van der Waals surface area contributed by atoms with Crippen molar-refractivity contribution in [1.82, 2.24) is 5.32 Å². The van der Waals surface area contributed by atoms with Crippen LogP contribution in [0.25, 0.3) is 0 Å². The highest BCUT2D eigenvalue weighted by Gasteiger charge is 2.16. The van der Waals surface area contributed by atoms with Gasteiger partial charge in [-0.05, 0) is 30.8 Å². The van der Waals surface area contributed by atoms with Crippen LogP contribution in [-0.2, 0) is 4.74 Å². The van der Waals surface area contributed by atoms with Gasteiger partial charge in [0.25, 0.3) is 0 Å². The fraction of sp³-hybridized carbons (Fsp3) is 1.00. The molecule has 4 heteroatoms. The monoisotopic (exact) mass is 219 g/mol. The molecule has 0 spiro atoms. The minimum Gasteiger partial charge on any atom is -0.395 e. The Bertz CT molecular complexity index is 140. The van der Waals surface area contributed by atoms with Crippen LogP contribution in [0, 0.1) is 5.92 Å². The van der Waals surface area contributed by atoms with Crippen LogP contribution in [-0.4, -0.2) is 49.5 Å². The summed E-state index contributed by atoms with van der Waals surface area (Å²) < 4.78 is 5.30. The van der Waals surface area contributed by atoms with E-state index in [2.05, 4.69) is 11.6 Å². The molecule has 14 heavy (non-hydrogen) atoms. The highest BCUT2D eigenvalue weighted by atomic mass is 32.2. The average molecular weight is 219 g/mol. The summed E-state index contributed by atoms with van der Waals surface area (Å²) in [5.74, 6) is 1.76. The van der Waals surface area contributed by atoms with Crippen molar-refractivity contribution < 1.29 is 9.84 Å². The number of aliphatic hydroxyl groups is 1. The Morgan fingerprint density at radius 2 is 2.50 bits per heavy atom. The van der Waals surface area contributed by atoms with E-state index in [0.717, 1.165) is 38.4 Å². The van der Waals surface area contributed by atoms with Crippen molar-refractivity contribution in [2.45, 2.75) is 18.9 Å². The summed E-state index contributed by atoms with van der Waals surface area (Å²) in [4.78, 5) is 0. The number of hydrogen-bond acceptors (Lipinski definition) is 4.